The number of likely N-dealkylation sites (tertiary alicyclic amines) is 1. The smallest absolute Gasteiger partial charge is 0.220 e. The summed E-state index contributed by atoms with van der Waals surface area (Å²) >= 11 is 1.74. The third-order valence-corrected chi connectivity index (χ3v) is 4.78. The highest BCUT2D eigenvalue weighted by Crippen LogP contribution is 2.17. The van der Waals surface area contributed by atoms with Crippen molar-refractivity contribution < 1.29 is 4.79 Å². The van der Waals surface area contributed by atoms with Crippen LogP contribution >= 0.6 is 24.2 Å². The molecule has 1 aromatic rings. The Morgan fingerprint density at radius 2 is 1.86 bits per heavy atom. The van der Waals surface area contributed by atoms with Gasteiger partial charge in [-0.1, -0.05) is 18.2 Å². The summed E-state index contributed by atoms with van der Waals surface area (Å²) in [7, 11) is 0. The fraction of sp³-hybridized carbons (Fsp3) is 0.588. The van der Waals surface area contributed by atoms with Crippen LogP contribution in [-0.2, 0) is 4.79 Å². The number of rotatable bonds is 9. The SMILES string of the molecule is Cl.O=C(CCSc1ccccc1)NCCCCN1CCCC1. The molecule has 1 amide bonds. The Bertz CT molecular complexity index is 410. The van der Waals surface area contributed by atoms with E-state index in [2.05, 4.69) is 22.3 Å². The van der Waals surface area contributed by atoms with Gasteiger partial charge in [0.15, 0.2) is 0 Å². The predicted molar refractivity (Wildman–Crippen MR) is 96.9 cm³/mol. The van der Waals surface area contributed by atoms with Gasteiger partial charge in [-0.2, -0.15) is 0 Å². The number of amides is 1. The molecule has 1 heterocycles. The van der Waals surface area contributed by atoms with E-state index in [-0.39, 0.29) is 18.3 Å². The molecule has 0 radical (unpaired) electrons. The summed E-state index contributed by atoms with van der Waals surface area (Å²) in [5, 5.41) is 3.02. The molecule has 0 bridgehead atoms. The van der Waals surface area contributed by atoms with Gasteiger partial charge in [0.2, 0.25) is 5.91 Å². The number of carbonyl (C=O) groups excluding carboxylic acids is 1. The maximum absolute atomic E-state index is 11.7. The van der Waals surface area contributed by atoms with Gasteiger partial charge in [0.25, 0.3) is 0 Å². The molecule has 22 heavy (non-hydrogen) atoms. The lowest BCUT2D eigenvalue weighted by Crippen LogP contribution is -2.26. The lowest BCUT2D eigenvalue weighted by Gasteiger charge is -2.14. The normalized spacial score (nSPS) is 14.5. The number of halogens is 1. The third kappa shape index (κ3) is 8.06. The number of hydrogen-bond acceptors (Lipinski definition) is 3. The van der Waals surface area contributed by atoms with Crippen LogP contribution in [0.2, 0.25) is 0 Å². The van der Waals surface area contributed by atoms with Crippen molar-refractivity contribution in [2.24, 2.45) is 0 Å². The summed E-state index contributed by atoms with van der Waals surface area (Å²) in [5.41, 5.74) is 0. The third-order valence-electron chi connectivity index (χ3n) is 3.76. The molecule has 5 heteroatoms. The Labute approximate surface area is 144 Å². The number of nitrogens with one attached hydrogen (secondary N) is 1. The van der Waals surface area contributed by atoms with E-state index in [1.54, 1.807) is 11.8 Å². The minimum Gasteiger partial charge on any atom is -0.356 e. The van der Waals surface area contributed by atoms with Crippen molar-refractivity contribution in [2.45, 2.75) is 37.0 Å². The Hall–Kier alpha value is -0.710. The van der Waals surface area contributed by atoms with E-state index >= 15 is 0 Å². The number of hydrogen-bond donors (Lipinski definition) is 1. The number of nitrogens with zero attached hydrogens (tertiary/aromatic N) is 1. The van der Waals surface area contributed by atoms with Gasteiger partial charge in [-0.3, -0.25) is 4.79 Å². The van der Waals surface area contributed by atoms with E-state index in [1.165, 1.54) is 43.8 Å². The number of unbranched alkanes of at least 4 members (excludes halogenated alkanes) is 1. The van der Waals surface area contributed by atoms with E-state index in [9.17, 15) is 4.79 Å². The summed E-state index contributed by atoms with van der Waals surface area (Å²) in [6, 6.07) is 10.2. The van der Waals surface area contributed by atoms with Gasteiger partial charge >= 0.3 is 0 Å². The number of benzene rings is 1. The van der Waals surface area contributed by atoms with Gasteiger partial charge < -0.3 is 10.2 Å². The lowest BCUT2D eigenvalue weighted by atomic mass is 10.3. The second kappa shape index (κ2) is 11.8. The van der Waals surface area contributed by atoms with E-state index < -0.39 is 0 Å². The first-order chi connectivity index (χ1) is 10.3. The maximum atomic E-state index is 11.7. The topological polar surface area (TPSA) is 32.3 Å². The van der Waals surface area contributed by atoms with Crippen molar-refractivity contribution >= 4 is 30.1 Å². The molecule has 1 aliphatic rings. The summed E-state index contributed by atoms with van der Waals surface area (Å²) in [5.74, 6) is 1.03. The Morgan fingerprint density at radius 1 is 1.14 bits per heavy atom. The van der Waals surface area contributed by atoms with Crippen LogP contribution in [0.25, 0.3) is 0 Å². The van der Waals surface area contributed by atoms with Crippen LogP contribution in [-0.4, -0.2) is 42.7 Å². The van der Waals surface area contributed by atoms with E-state index in [0.717, 1.165) is 18.7 Å². The fourth-order valence-corrected chi connectivity index (χ4v) is 3.43. The monoisotopic (exact) mass is 342 g/mol. The second-order valence-corrected chi connectivity index (χ2v) is 6.69. The Balaban J connectivity index is 0.00000242. The molecule has 1 aromatic carbocycles. The lowest BCUT2D eigenvalue weighted by molar-refractivity contribution is -0.120. The van der Waals surface area contributed by atoms with Crippen LogP contribution in [0, 0.1) is 0 Å². The van der Waals surface area contributed by atoms with E-state index in [1.807, 2.05) is 18.2 Å². The van der Waals surface area contributed by atoms with Crippen molar-refractivity contribution in [3.63, 3.8) is 0 Å². The average molecular weight is 343 g/mol. The van der Waals surface area contributed by atoms with Crippen molar-refractivity contribution in [1.82, 2.24) is 10.2 Å². The molecule has 2 rings (SSSR count). The van der Waals surface area contributed by atoms with Crippen LogP contribution in [0.5, 0.6) is 0 Å². The van der Waals surface area contributed by atoms with Crippen molar-refractivity contribution in [1.29, 1.82) is 0 Å². The molecule has 0 aliphatic carbocycles. The van der Waals surface area contributed by atoms with Gasteiger partial charge in [-0.15, -0.1) is 24.2 Å². The molecule has 0 atom stereocenters. The largest absolute Gasteiger partial charge is 0.356 e. The van der Waals surface area contributed by atoms with E-state index in [0.29, 0.717) is 6.42 Å². The second-order valence-electron chi connectivity index (χ2n) is 5.52. The van der Waals surface area contributed by atoms with Crippen molar-refractivity contribution in [2.75, 3.05) is 31.9 Å². The quantitative estimate of drug-likeness (QED) is 0.550. The summed E-state index contributed by atoms with van der Waals surface area (Å²) in [6.07, 6.45) is 5.60. The molecule has 0 spiro atoms. The van der Waals surface area contributed by atoms with Crippen LogP contribution in [0.15, 0.2) is 35.2 Å². The average Bonchev–Trinajstić information content (AvgIpc) is 3.01. The number of thioether (sulfide) groups is 1. The summed E-state index contributed by atoms with van der Waals surface area (Å²) in [6.45, 7) is 4.55. The molecule has 0 unspecified atom stereocenters. The summed E-state index contributed by atoms with van der Waals surface area (Å²) in [4.78, 5) is 15.5. The molecule has 124 valence electrons. The van der Waals surface area contributed by atoms with E-state index in [4.69, 9.17) is 0 Å². The minimum atomic E-state index is 0. The first kappa shape index (κ1) is 19.3. The zero-order valence-corrected chi connectivity index (χ0v) is 14.8. The van der Waals surface area contributed by atoms with Gasteiger partial charge in [0, 0.05) is 23.6 Å². The summed E-state index contributed by atoms with van der Waals surface area (Å²) < 4.78 is 0. The van der Waals surface area contributed by atoms with Crippen LogP contribution in [0.1, 0.15) is 32.1 Å². The molecule has 1 N–H and O–H groups in total. The highest BCUT2D eigenvalue weighted by Gasteiger charge is 2.10. The van der Waals surface area contributed by atoms with Gasteiger partial charge in [0.1, 0.15) is 0 Å². The van der Waals surface area contributed by atoms with Crippen molar-refractivity contribution in [3.8, 4) is 0 Å². The van der Waals surface area contributed by atoms with Gasteiger partial charge in [-0.25, -0.2) is 0 Å². The Kier molecular flexibility index (Phi) is 10.4. The fourth-order valence-electron chi connectivity index (χ4n) is 2.56. The first-order valence-corrected chi connectivity index (χ1v) is 9.00. The zero-order valence-electron chi connectivity index (χ0n) is 13.1. The molecular weight excluding hydrogens is 316 g/mol. The molecule has 1 saturated heterocycles. The van der Waals surface area contributed by atoms with Crippen LogP contribution < -0.4 is 5.32 Å². The highest BCUT2D eigenvalue weighted by molar-refractivity contribution is 7.99. The molecule has 0 aromatic heterocycles. The first-order valence-electron chi connectivity index (χ1n) is 8.01. The molecule has 1 fully saturated rings. The van der Waals surface area contributed by atoms with Gasteiger partial charge in [-0.05, 0) is 57.5 Å². The van der Waals surface area contributed by atoms with Crippen LogP contribution in [0.3, 0.4) is 0 Å². The Morgan fingerprint density at radius 3 is 2.59 bits per heavy atom. The number of carbonyl (C=O) groups is 1. The van der Waals surface area contributed by atoms with Gasteiger partial charge in [0.05, 0.1) is 0 Å². The minimum absolute atomic E-state index is 0. The van der Waals surface area contributed by atoms with Crippen LogP contribution in [0.4, 0.5) is 0 Å². The molecular formula is C17H27ClN2OS. The predicted octanol–water partition coefficient (Wildman–Crippen LogP) is 3.58. The van der Waals surface area contributed by atoms with Crippen molar-refractivity contribution in [3.05, 3.63) is 30.3 Å². The highest BCUT2D eigenvalue weighted by atomic mass is 35.5. The maximum Gasteiger partial charge on any atom is 0.220 e. The molecule has 1 aliphatic heterocycles. The molecule has 0 saturated carbocycles. The zero-order chi connectivity index (χ0) is 14.8. The standard InChI is InChI=1S/C17H26N2OS.ClH/c20-17(10-15-21-16-8-2-1-3-9-16)18-11-4-5-12-19-13-6-7-14-19;/h1-3,8-9H,4-7,10-15H2,(H,18,20);1H. The molecule has 3 nitrogen and oxygen atoms in total.